The maximum Gasteiger partial charge on any atom is 0.137 e. The molecule has 0 bridgehead atoms. The van der Waals surface area contributed by atoms with E-state index < -0.39 is 0 Å². The van der Waals surface area contributed by atoms with Crippen molar-refractivity contribution in [1.82, 2.24) is 14.8 Å². The third-order valence-electron chi connectivity index (χ3n) is 2.01. The molecule has 0 atom stereocenters. The summed E-state index contributed by atoms with van der Waals surface area (Å²) in [6.07, 6.45) is 3.70. The lowest BCUT2D eigenvalue weighted by Crippen LogP contribution is -2.03. The molecule has 2 aromatic heterocycles. The van der Waals surface area contributed by atoms with Crippen LogP contribution in [0.25, 0.3) is 10.9 Å². The number of hydrogen-bond acceptors (Lipinski definition) is 2. The minimum atomic E-state index is 0.361. The van der Waals surface area contributed by atoms with Crippen molar-refractivity contribution in [3.63, 3.8) is 0 Å². The fourth-order valence-electron chi connectivity index (χ4n) is 1.38. The summed E-state index contributed by atoms with van der Waals surface area (Å²) in [7, 11) is 0. The van der Waals surface area contributed by atoms with Gasteiger partial charge in [-0.1, -0.05) is 0 Å². The highest BCUT2D eigenvalue weighted by molar-refractivity contribution is 14.1. The van der Waals surface area contributed by atoms with Crippen molar-refractivity contribution < 1.29 is 0 Å². The Labute approximate surface area is 104 Å². The fourth-order valence-corrected chi connectivity index (χ4v) is 2.54. The summed E-state index contributed by atoms with van der Waals surface area (Å²) in [5, 5.41) is 5.51. The number of rotatable bonds is 1. The molecular weight excluding hydrogens is 357 g/mol. The minimum Gasteiger partial charge on any atom is -0.263 e. The molecule has 2 rings (SSSR count). The monoisotopic (exact) mass is 365 g/mol. The number of halogens is 2. The Hall–Kier alpha value is -0.170. The van der Waals surface area contributed by atoms with Gasteiger partial charge in [-0.2, -0.15) is 5.10 Å². The van der Waals surface area contributed by atoms with E-state index in [0.717, 1.165) is 19.1 Å². The van der Waals surface area contributed by atoms with E-state index in [0.29, 0.717) is 6.04 Å². The lowest BCUT2D eigenvalue weighted by Gasteiger charge is -2.07. The van der Waals surface area contributed by atoms with Gasteiger partial charge in [-0.25, -0.2) is 0 Å². The Morgan fingerprint density at radius 3 is 2.79 bits per heavy atom. The standard InChI is InChI=1S/C9H9BrIN3/c1-5(2)14-8-6(9(10)13-14)3-12-4-7(8)11/h3-5H,1-2H3. The highest BCUT2D eigenvalue weighted by atomic mass is 127. The molecule has 0 spiro atoms. The van der Waals surface area contributed by atoms with Gasteiger partial charge in [-0.05, 0) is 52.4 Å². The Morgan fingerprint density at radius 2 is 2.14 bits per heavy atom. The van der Waals surface area contributed by atoms with Gasteiger partial charge < -0.3 is 0 Å². The van der Waals surface area contributed by atoms with Gasteiger partial charge in [0, 0.05) is 18.4 Å². The number of hydrogen-bond donors (Lipinski definition) is 0. The quantitative estimate of drug-likeness (QED) is 0.725. The summed E-state index contributed by atoms with van der Waals surface area (Å²) in [5.74, 6) is 0. The zero-order chi connectivity index (χ0) is 10.3. The highest BCUT2D eigenvalue weighted by Crippen LogP contribution is 2.28. The first-order valence-corrected chi connectivity index (χ1v) is 6.15. The van der Waals surface area contributed by atoms with Crippen LogP contribution >= 0.6 is 38.5 Å². The second kappa shape index (κ2) is 3.77. The molecule has 0 aromatic carbocycles. The summed E-state index contributed by atoms with van der Waals surface area (Å²) in [4.78, 5) is 4.16. The first kappa shape index (κ1) is 10.4. The fraction of sp³-hybridized carbons (Fsp3) is 0.333. The van der Waals surface area contributed by atoms with Crippen LogP contribution in [0, 0.1) is 3.57 Å². The van der Waals surface area contributed by atoms with Gasteiger partial charge in [0.05, 0.1) is 14.5 Å². The van der Waals surface area contributed by atoms with Gasteiger partial charge in [0.1, 0.15) is 4.60 Å². The molecule has 0 saturated heterocycles. The van der Waals surface area contributed by atoms with Crippen LogP contribution in [-0.2, 0) is 0 Å². The van der Waals surface area contributed by atoms with E-state index in [9.17, 15) is 0 Å². The normalized spacial score (nSPS) is 11.5. The summed E-state index contributed by atoms with van der Waals surface area (Å²) in [5.41, 5.74) is 1.16. The predicted octanol–water partition coefficient (Wildman–Crippen LogP) is 3.38. The van der Waals surface area contributed by atoms with Crippen LogP contribution < -0.4 is 0 Å². The molecular formula is C9H9BrIN3. The molecule has 3 nitrogen and oxygen atoms in total. The number of nitrogens with zero attached hydrogens (tertiary/aromatic N) is 3. The van der Waals surface area contributed by atoms with Gasteiger partial charge in [0.15, 0.2) is 0 Å². The first-order chi connectivity index (χ1) is 6.61. The van der Waals surface area contributed by atoms with Gasteiger partial charge in [0.25, 0.3) is 0 Å². The molecule has 0 saturated carbocycles. The van der Waals surface area contributed by atoms with E-state index >= 15 is 0 Å². The third-order valence-corrected chi connectivity index (χ3v) is 3.38. The highest BCUT2D eigenvalue weighted by Gasteiger charge is 2.13. The van der Waals surface area contributed by atoms with Crippen molar-refractivity contribution in [2.45, 2.75) is 19.9 Å². The molecule has 0 aliphatic heterocycles. The van der Waals surface area contributed by atoms with Crippen LogP contribution in [-0.4, -0.2) is 14.8 Å². The van der Waals surface area contributed by atoms with Crippen molar-refractivity contribution in [3.8, 4) is 0 Å². The smallest absolute Gasteiger partial charge is 0.137 e. The van der Waals surface area contributed by atoms with Crippen molar-refractivity contribution in [2.24, 2.45) is 0 Å². The van der Waals surface area contributed by atoms with Crippen LogP contribution in [0.15, 0.2) is 17.0 Å². The zero-order valence-corrected chi connectivity index (χ0v) is 11.6. The van der Waals surface area contributed by atoms with E-state index in [1.807, 2.05) is 17.1 Å². The zero-order valence-electron chi connectivity index (χ0n) is 7.83. The number of pyridine rings is 1. The van der Waals surface area contributed by atoms with E-state index in [4.69, 9.17) is 0 Å². The summed E-state index contributed by atoms with van der Waals surface area (Å²) in [6, 6.07) is 0.361. The SMILES string of the molecule is CC(C)n1nc(Br)c2cncc(I)c21. The lowest BCUT2D eigenvalue weighted by molar-refractivity contribution is 0.547. The molecule has 2 heterocycles. The second-order valence-electron chi connectivity index (χ2n) is 3.35. The molecule has 0 radical (unpaired) electrons. The van der Waals surface area contributed by atoms with Crippen LogP contribution in [0.2, 0.25) is 0 Å². The second-order valence-corrected chi connectivity index (χ2v) is 5.26. The van der Waals surface area contributed by atoms with Gasteiger partial charge in [-0.15, -0.1) is 0 Å². The lowest BCUT2D eigenvalue weighted by atomic mass is 10.3. The van der Waals surface area contributed by atoms with E-state index in [2.05, 4.69) is 62.5 Å². The van der Waals surface area contributed by atoms with Crippen LogP contribution in [0.1, 0.15) is 19.9 Å². The largest absolute Gasteiger partial charge is 0.263 e. The van der Waals surface area contributed by atoms with E-state index in [1.54, 1.807) is 0 Å². The van der Waals surface area contributed by atoms with Crippen molar-refractivity contribution in [3.05, 3.63) is 20.6 Å². The molecule has 0 aliphatic carbocycles. The van der Waals surface area contributed by atoms with Gasteiger partial charge in [-0.3, -0.25) is 9.67 Å². The van der Waals surface area contributed by atoms with E-state index in [-0.39, 0.29) is 0 Å². The van der Waals surface area contributed by atoms with Gasteiger partial charge in [0.2, 0.25) is 0 Å². The van der Waals surface area contributed by atoms with Crippen LogP contribution in [0.4, 0.5) is 0 Å². The average Bonchev–Trinajstić information content (AvgIpc) is 2.46. The Balaban J connectivity index is 2.86. The first-order valence-electron chi connectivity index (χ1n) is 4.28. The molecule has 2 aromatic rings. The predicted molar refractivity (Wildman–Crippen MR) is 68.3 cm³/mol. The minimum absolute atomic E-state index is 0.361. The van der Waals surface area contributed by atoms with Gasteiger partial charge >= 0.3 is 0 Å². The molecule has 0 fully saturated rings. The molecule has 5 heteroatoms. The van der Waals surface area contributed by atoms with Crippen molar-refractivity contribution in [1.29, 1.82) is 0 Å². The molecule has 74 valence electrons. The molecule has 0 amide bonds. The van der Waals surface area contributed by atoms with Crippen molar-refractivity contribution in [2.75, 3.05) is 0 Å². The molecule has 0 unspecified atom stereocenters. The molecule has 0 aliphatic rings. The van der Waals surface area contributed by atoms with Crippen LogP contribution in [0.5, 0.6) is 0 Å². The summed E-state index contributed by atoms with van der Waals surface area (Å²) < 4.78 is 4.02. The number of aromatic nitrogens is 3. The summed E-state index contributed by atoms with van der Waals surface area (Å²) in [6.45, 7) is 4.24. The Kier molecular flexibility index (Phi) is 2.79. The third kappa shape index (κ3) is 1.56. The average molecular weight is 366 g/mol. The van der Waals surface area contributed by atoms with E-state index in [1.165, 1.54) is 0 Å². The Bertz CT molecular complexity index is 478. The maximum atomic E-state index is 4.44. The summed E-state index contributed by atoms with van der Waals surface area (Å²) >= 11 is 5.73. The van der Waals surface area contributed by atoms with Crippen LogP contribution in [0.3, 0.4) is 0 Å². The molecule has 0 N–H and O–H groups in total. The Morgan fingerprint density at radius 1 is 1.43 bits per heavy atom. The maximum absolute atomic E-state index is 4.44. The topological polar surface area (TPSA) is 30.7 Å². The molecule has 14 heavy (non-hydrogen) atoms. The number of fused-ring (bicyclic) bond motifs is 1. The van der Waals surface area contributed by atoms with Crippen molar-refractivity contribution >= 4 is 49.4 Å².